The van der Waals surface area contributed by atoms with Crippen molar-refractivity contribution in [2.75, 3.05) is 5.32 Å². The van der Waals surface area contributed by atoms with Crippen molar-refractivity contribution in [2.45, 2.75) is 6.54 Å². The molecule has 2 aromatic rings. The number of benzene rings is 2. The lowest BCUT2D eigenvalue weighted by Gasteiger charge is -2.09. The van der Waals surface area contributed by atoms with Crippen LogP contribution in [0, 0.1) is 9.39 Å². The van der Waals surface area contributed by atoms with Gasteiger partial charge < -0.3 is 5.32 Å². The van der Waals surface area contributed by atoms with E-state index < -0.39 is 0 Å². The Labute approximate surface area is 128 Å². The summed E-state index contributed by atoms with van der Waals surface area (Å²) < 4.78 is 14.6. The van der Waals surface area contributed by atoms with E-state index in [-0.39, 0.29) is 5.82 Å². The first-order valence-corrected chi connectivity index (χ1v) is 7.02. The smallest absolute Gasteiger partial charge is 0.128 e. The fourth-order valence-electron chi connectivity index (χ4n) is 1.50. The van der Waals surface area contributed by atoms with E-state index in [0.717, 1.165) is 9.26 Å². The first kappa shape index (κ1) is 13.9. The van der Waals surface area contributed by atoms with Crippen molar-refractivity contribution in [2.24, 2.45) is 0 Å². The largest absolute Gasteiger partial charge is 0.380 e. The van der Waals surface area contributed by atoms with E-state index in [1.807, 2.05) is 18.2 Å². The van der Waals surface area contributed by atoms with Gasteiger partial charge in [0.05, 0.1) is 10.7 Å². The summed E-state index contributed by atoms with van der Waals surface area (Å²) in [5.41, 5.74) is 1.29. The lowest BCUT2D eigenvalue weighted by molar-refractivity contribution is 0.613. The Morgan fingerprint density at radius 1 is 1.11 bits per heavy atom. The second-order valence-electron chi connectivity index (χ2n) is 3.71. The standard InChI is InChI=1S/C13H9Cl2FIN/c14-9-1-3-12(16)8(5-9)7-18-13-4-2-10(17)6-11(13)15/h1-6,18H,7H2. The Morgan fingerprint density at radius 3 is 2.61 bits per heavy atom. The molecule has 1 N–H and O–H groups in total. The molecule has 0 saturated heterocycles. The third-order valence-electron chi connectivity index (χ3n) is 2.41. The van der Waals surface area contributed by atoms with Gasteiger partial charge in [0, 0.05) is 20.7 Å². The van der Waals surface area contributed by atoms with E-state index >= 15 is 0 Å². The molecule has 0 aliphatic heterocycles. The minimum absolute atomic E-state index is 0.284. The predicted octanol–water partition coefficient (Wildman–Crippen LogP) is 5.35. The Balaban J connectivity index is 2.13. The molecule has 5 heteroatoms. The molecule has 0 radical (unpaired) electrons. The highest BCUT2D eigenvalue weighted by atomic mass is 127. The topological polar surface area (TPSA) is 12.0 Å². The molecular weight excluding hydrogens is 387 g/mol. The Morgan fingerprint density at radius 2 is 1.89 bits per heavy atom. The van der Waals surface area contributed by atoms with Gasteiger partial charge in [-0.1, -0.05) is 23.2 Å². The van der Waals surface area contributed by atoms with Gasteiger partial charge in [0.15, 0.2) is 0 Å². The minimum atomic E-state index is -0.284. The molecule has 94 valence electrons. The number of halogens is 4. The maximum Gasteiger partial charge on any atom is 0.128 e. The summed E-state index contributed by atoms with van der Waals surface area (Å²) in [6.07, 6.45) is 0. The van der Waals surface area contributed by atoms with Gasteiger partial charge in [-0.3, -0.25) is 0 Å². The molecule has 0 aromatic heterocycles. The van der Waals surface area contributed by atoms with Crippen LogP contribution in [0.25, 0.3) is 0 Å². The molecular formula is C13H9Cl2FIN. The summed E-state index contributed by atoms with van der Waals surface area (Å²) in [5.74, 6) is -0.284. The van der Waals surface area contributed by atoms with E-state index in [2.05, 4.69) is 27.9 Å². The van der Waals surface area contributed by atoms with Gasteiger partial charge in [0.25, 0.3) is 0 Å². The van der Waals surface area contributed by atoms with Crippen LogP contribution in [-0.2, 0) is 6.54 Å². The normalized spacial score (nSPS) is 10.4. The fourth-order valence-corrected chi connectivity index (χ4v) is 2.62. The quantitative estimate of drug-likeness (QED) is 0.690. The maximum atomic E-state index is 13.5. The van der Waals surface area contributed by atoms with Crippen LogP contribution in [0.2, 0.25) is 10.0 Å². The molecule has 0 spiro atoms. The monoisotopic (exact) mass is 395 g/mol. The van der Waals surface area contributed by atoms with Crippen LogP contribution in [0.15, 0.2) is 36.4 Å². The third kappa shape index (κ3) is 3.49. The van der Waals surface area contributed by atoms with Crippen molar-refractivity contribution in [1.29, 1.82) is 0 Å². The molecule has 0 fully saturated rings. The number of rotatable bonds is 3. The summed E-state index contributed by atoms with van der Waals surface area (Å²) in [6, 6.07) is 10.1. The van der Waals surface area contributed by atoms with Crippen LogP contribution < -0.4 is 5.32 Å². The average molecular weight is 396 g/mol. The van der Waals surface area contributed by atoms with Crippen LogP contribution >= 0.6 is 45.8 Å². The van der Waals surface area contributed by atoms with E-state index in [9.17, 15) is 4.39 Å². The zero-order valence-electron chi connectivity index (χ0n) is 9.18. The first-order valence-electron chi connectivity index (χ1n) is 5.19. The van der Waals surface area contributed by atoms with Crippen LogP contribution in [0.1, 0.15) is 5.56 Å². The number of hydrogen-bond acceptors (Lipinski definition) is 1. The van der Waals surface area contributed by atoms with E-state index in [4.69, 9.17) is 23.2 Å². The highest BCUT2D eigenvalue weighted by Crippen LogP contribution is 2.25. The van der Waals surface area contributed by atoms with Gasteiger partial charge in [0.1, 0.15) is 5.82 Å². The average Bonchev–Trinajstić information content (AvgIpc) is 2.32. The molecule has 0 aliphatic carbocycles. The molecule has 2 rings (SSSR count). The fraction of sp³-hybridized carbons (Fsp3) is 0.0769. The molecule has 2 aromatic carbocycles. The number of nitrogens with one attached hydrogen (secondary N) is 1. The summed E-state index contributed by atoms with van der Waals surface area (Å²) in [6.45, 7) is 0.340. The zero-order valence-corrected chi connectivity index (χ0v) is 12.9. The van der Waals surface area contributed by atoms with Gasteiger partial charge in [-0.2, -0.15) is 0 Å². The van der Waals surface area contributed by atoms with Crippen molar-refractivity contribution >= 4 is 51.5 Å². The van der Waals surface area contributed by atoms with Crippen LogP contribution in [0.3, 0.4) is 0 Å². The van der Waals surface area contributed by atoms with Crippen molar-refractivity contribution in [1.82, 2.24) is 0 Å². The molecule has 0 saturated carbocycles. The Kier molecular flexibility index (Phi) is 4.70. The van der Waals surface area contributed by atoms with E-state index in [1.165, 1.54) is 12.1 Å². The van der Waals surface area contributed by atoms with Gasteiger partial charge in [-0.25, -0.2) is 4.39 Å². The predicted molar refractivity (Wildman–Crippen MR) is 82.9 cm³/mol. The number of hydrogen-bond donors (Lipinski definition) is 1. The third-order valence-corrected chi connectivity index (χ3v) is 3.63. The summed E-state index contributed by atoms with van der Waals surface area (Å²) in [7, 11) is 0. The van der Waals surface area contributed by atoms with Crippen molar-refractivity contribution in [3.05, 3.63) is 61.4 Å². The molecule has 18 heavy (non-hydrogen) atoms. The van der Waals surface area contributed by atoms with Crippen molar-refractivity contribution < 1.29 is 4.39 Å². The Hall–Kier alpha value is -0.520. The first-order chi connectivity index (χ1) is 8.56. The lowest BCUT2D eigenvalue weighted by Crippen LogP contribution is -2.02. The molecule has 0 amide bonds. The summed E-state index contributed by atoms with van der Waals surface area (Å²) in [4.78, 5) is 0. The van der Waals surface area contributed by atoms with Crippen LogP contribution in [0.4, 0.5) is 10.1 Å². The minimum Gasteiger partial charge on any atom is -0.380 e. The Bertz CT molecular complexity index is 575. The van der Waals surface area contributed by atoms with E-state index in [1.54, 1.807) is 6.07 Å². The van der Waals surface area contributed by atoms with Crippen LogP contribution in [0.5, 0.6) is 0 Å². The zero-order chi connectivity index (χ0) is 13.1. The second kappa shape index (κ2) is 6.08. The summed E-state index contributed by atoms with van der Waals surface area (Å²) >= 11 is 14.1. The maximum absolute atomic E-state index is 13.5. The molecule has 0 atom stereocenters. The SMILES string of the molecule is Fc1ccc(Cl)cc1CNc1ccc(I)cc1Cl. The summed E-state index contributed by atoms with van der Waals surface area (Å²) in [5, 5.41) is 4.22. The second-order valence-corrected chi connectivity index (χ2v) is 5.80. The van der Waals surface area contributed by atoms with Gasteiger partial charge >= 0.3 is 0 Å². The molecule has 0 aliphatic rings. The van der Waals surface area contributed by atoms with Gasteiger partial charge in [-0.05, 0) is 59.0 Å². The lowest BCUT2D eigenvalue weighted by atomic mass is 10.2. The van der Waals surface area contributed by atoms with Crippen molar-refractivity contribution in [3.8, 4) is 0 Å². The van der Waals surface area contributed by atoms with Gasteiger partial charge in [-0.15, -0.1) is 0 Å². The number of anilines is 1. The molecule has 0 bridgehead atoms. The van der Waals surface area contributed by atoms with Crippen molar-refractivity contribution in [3.63, 3.8) is 0 Å². The highest BCUT2D eigenvalue weighted by Gasteiger charge is 2.05. The molecule has 0 unspecified atom stereocenters. The van der Waals surface area contributed by atoms with E-state index in [0.29, 0.717) is 22.2 Å². The van der Waals surface area contributed by atoms with Gasteiger partial charge in [0.2, 0.25) is 0 Å². The molecule has 1 nitrogen and oxygen atoms in total. The molecule has 0 heterocycles. The highest BCUT2D eigenvalue weighted by molar-refractivity contribution is 14.1. The van der Waals surface area contributed by atoms with Crippen LogP contribution in [-0.4, -0.2) is 0 Å².